The first-order chi connectivity index (χ1) is 13.8. The largest absolute Gasteiger partial charge is 0.456 e. The van der Waals surface area contributed by atoms with Gasteiger partial charge in [-0.15, -0.1) is 0 Å². The van der Waals surface area contributed by atoms with E-state index in [0.29, 0.717) is 44.6 Å². The molecule has 8 heteroatoms. The molecule has 0 spiro atoms. The lowest BCUT2D eigenvalue weighted by atomic mass is 10.1. The smallest absolute Gasteiger partial charge is 0.435 e. The summed E-state index contributed by atoms with van der Waals surface area (Å²) in [6, 6.07) is 13.8. The molecule has 0 N–H and O–H groups in total. The van der Waals surface area contributed by atoms with Gasteiger partial charge >= 0.3 is 6.09 Å². The monoisotopic (exact) mass is 452 g/mol. The summed E-state index contributed by atoms with van der Waals surface area (Å²) in [6.45, 7) is 5.35. The molecule has 2 aromatic carbocycles. The molecule has 0 aliphatic carbocycles. The third-order valence-electron chi connectivity index (χ3n) is 3.83. The second-order valence-corrected chi connectivity index (χ2v) is 7.76. The Labute approximate surface area is 176 Å². The quantitative estimate of drug-likeness (QED) is 0.502. The summed E-state index contributed by atoms with van der Waals surface area (Å²) in [5.41, 5.74) is 1.10. The van der Waals surface area contributed by atoms with Crippen molar-refractivity contribution in [2.45, 2.75) is 31.7 Å². The fourth-order valence-electron chi connectivity index (χ4n) is 2.75. The number of nitrogens with zero attached hydrogens (tertiary/aromatic N) is 4. The van der Waals surface area contributed by atoms with Crippen molar-refractivity contribution in [1.29, 1.82) is 10.5 Å². The molecule has 0 unspecified atom stereocenters. The lowest BCUT2D eigenvalue weighted by molar-refractivity contribution is 0.0522. The van der Waals surface area contributed by atoms with Crippen LogP contribution in [0.25, 0.3) is 10.9 Å². The maximum absolute atomic E-state index is 12.6. The molecule has 0 atom stereocenters. The van der Waals surface area contributed by atoms with E-state index in [1.54, 1.807) is 51.1 Å². The number of fused-ring (bicyclic) bond motifs is 1. The van der Waals surface area contributed by atoms with Gasteiger partial charge in [0.05, 0.1) is 39.9 Å². The molecule has 0 aliphatic heterocycles. The van der Waals surface area contributed by atoms with Gasteiger partial charge in [-0.3, -0.25) is 0 Å². The van der Waals surface area contributed by atoms with Gasteiger partial charge in [0, 0.05) is 5.33 Å². The predicted molar refractivity (Wildman–Crippen MR) is 110 cm³/mol. The normalized spacial score (nSPS) is 11.0. The van der Waals surface area contributed by atoms with Gasteiger partial charge < -0.3 is 9.47 Å². The highest BCUT2D eigenvalue weighted by atomic mass is 79.9. The summed E-state index contributed by atoms with van der Waals surface area (Å²) in [4.78, 5) is 12.6. The highest BCUT2D eigenvalue weighted by Gasteiger charge is 2.23. The molecule has 29 heavy (non-hydrogen) atoms. The SMILES string of the molecule is CC(C)(C)OC(=O)n1nc(CBr)c2c(Oc3cc(C#N)cc(C#N)c3)cccc21. The van der Waals surface area contributed by atoms with Gasteiger partial charge in [-0.25, -0.2) is 4.79 Å². The van der Waals surface area contributed by atoms with Crippen molar-refractivity contribution in [1.82, 2.24) is 9.78 Å². The second-order valence-electron chi connectivity index (χ2n) is 7.19. The number of ether oxygens (including phenoxy) is 2. The van der Waals surface area contributed by atoms with E-state index >= 15 is 0 Å². The van der Waals surface area contributed by atoms with Crippen LogP contribution in [-0.4, -0.2) is 21.5 Å². The standard InChI is InChI=1S/C21H17BrN4O3/c1-21(2,3)29-20(27)26-17-5-4-6-18(19(17)16(10-22)25-26)28-15-8-13(11-23)7-14(9-15)12-24/h4-9H,10H2,1-3H3. The van der Waals surface area contributed by atoms with Crippen LogP contribution in [0.1, 0.15) is 37.6 Å². The molecule has 7 nitrogen and oxygen atoms in total. The Morgan fingerprint density at radius 3 is 2.38 bits per heavy atom. The number of alkyl halides is 1. The van der Waals surface area contributed by atoms with Gasteiger partial charge in [0.2, 0.25) is 0 Å². The summed E-state index contributed by atoms with van der Waals surface area (Å²) >= 11 is 3.40. The minimum absolute atomic E-state index is 0.316. The molecule has 0 saturated carbocycles. The number of carbonyl (C=O) groups excluding carboxylic acids is 1. The summed E-state index contributed by atoms with van der Waals surface area (Å²) in [7, 11) is 0. The van der Waals surface area contributed by atoms with E-state index in [9.17, 15) is 15.3 Å². The lowest BCUT2D eigenvalue weighted by Gasteiger charge is -2.19. The van der Waals surface area contributed by atoms with Gasteiger partial charge in [0.15, 0.2) is 0 Å². The average Bonchev–Trinajstić information content (AvgIpc) is 3.06. The summed E-state index contributed by atoms with van der Waals surface area (Å²) in [5.74, 6) is 0.796. The molecule has 0 amide bonds. The topological polar surface area (TPSA) is 101 Å². The third-order valence-corrected chi connectivity index (χ3v) is 4.36. The van der Waals surface area contributed by atoms with Crippen molar-refractivity contribution >= 4 is 32.9 Å². The first-order valence-corrected chi connectivity index (χ1v) is 9.81. The zero-order valence-electron chi connectivity index (χ0n) is 16.1. The number of rotatable bonds is 3. The van der Waals surface area contributed by atoms with Crippen molar-refractivity contribution in [2.24, 2.45) is 0 Å². The van der Waals surface area contributed by atoms with E-state index < -0.39 is 11.7 Å². The molecule has 1 heterocycles. The van der Waals surface area contributed by atoms with Crippen LogP contribution in [0.15, 0.2) is 36.4 Å². The van der Waals surface area contributed by atoms with E-state index in [4.69, 9.17) is 9.47 Å². The molecule has 0 saturated heterocycles. The zero-order chi connectivity index (χ0) is 21.2. The van der Waals surface area contributed by atoms with Crippen molar-refractivity contribution < 1.29 is 14.3 Å². The van der Waals surface area contributed by atoms with Gasteiger partial charge in [0.1, 0.15) is 17.1 Å². The fraction of sp³-hybridized carbons (Fsp3) is 0.238. The lowest BCUT2D eigenvalue weighted by Crippen LogP contribution is -2.27. The number of benzene rings is 2. The van der Waals surface area contributed by atoms with Crippen LogP contribution in [0.3, 0.4) is 0 Å². The predicted octanol–water partition coefficient (Wildman–Crippen LogP) is 5.25. The fourth-order valence-corrected chi connectivity index (χ4v) is 3.14. The van der Waals surface area contributed by atoms with E-state index in [-0.39, 0.29) is 0 Å². The average molecular weight is 453 g/mol. The number of nitriles is 2. The molecule has 0 fully saturated rings. The van der Waals surface area contributed by atoms with Crippen molar-refractivity contribution in [3.05, 3.63) is 53.2 Å². The van der Waals surface area contributed by atoms with Crippen molar-refractivity contribution in [2.75, 3.05) is 0 Å². The van der Waals surface area contributed by atoms with E-state index in [1.807, 2.05) is 12.1 Å². The van der Waals surface area contributed by atoms with Crippen LogP contribution in [-0.2, 0) is 10.1 Å². The molecule has 3 rings (SSSR count). The van der Waals surface area contributed by atoms with Crippen LogP contribution in [0.2, 0.25) is 0 Å². The van der Waals surface area contributed by atoms with Gasteiger partial charge in [-0.1, -0.05) is 22.0 Å². The Bertz CT molecular complexity index is 1150. The number of hydrogen-bond donors (Lipinski definition) is 0. The second kappa shape index (κ2) is 7.94. The molecular weight excluding hydrogens is 436 g/mol. The maximum atomic E-state index is 12.6. The van der Waals surface area contributed by atoms with Crippen molar-refractivity contribution in [3.8, 4) is 23.6 Å². The molecular formula is C21H17BrN4O3. The molecule has 1 aromatic heterocycles. The number of aromatic nitrogens is 2. The highest BCUT2D eigenvalue weighted by molar-refractivity contribution is 9.08. The van der Waals surface area contributed by atoms with Gasteiger partial charge in [-0.2, -0.15) is 20.3 Å². The number of carbonyl (C=O) groups is 1. The molecule has 3 aromatic rings. The van der Waals surface area contributed by atoms with Crippen molar-refractivity contribution in [3.63, 3.8) is 0 Å². The Balaban J connectivity index is 2.10. The van der Waals surface area contributed by atoms with E-state index in [2.05, 4.69) is 21.0 Å². The number of hydrogen-bond acceptors (Lipinski definition) is 6. The van der Waals surface area contributed by atoms with Crippen LogP contribution in [0, 0.1) is 22.7 Å². The first-order valence-electron chi connectivity index (χ1n) is 8.69. The van der Waals surface area contributed by atoms with Crippen LogP contribution < -0.4 is 4.74 Å². The van der Waals surface area contributed by atoms with E-state index in [0.717, 1.165) is 0 Å². The molecule has 146 valence electrons. The van der Waals surface area contributed by atoms with Crippen LogP contribution in [0.4, 0.5) is 4.79 Å². The number of halogens is 1. The zero-order valence-corrected chi connectivity index (χ0v) is 17.6. The van der Waals surface area contributed by atoms with Crippen LogP contribution in [0.5, 0.6) is 11.5 Å². The van der Waals surface area contributed by atoms with Crippen LogP contribution >= 0.6 is 15.9 Å². The highest BCUT2D eigenvalue weighted by Crippen LogP contribution is 2.34. The van der Waals surface area contributed by atoms with Gasteiger partial charge in [0.25, 0.3) is 0 Å². The first kappa shape index (κ1) is 20.4. The molecule has 0 bridgehead atoms. The molecule has 0 aliphatic rings. The minimum Gasteiger partial charge on any atom is -0.456 e. The minimum atomic E-state index is -0.663. The third kappa shape index (κ3) is 4.39. The Hall–Kier alpha value is -3.36. The molecule has 0 radical (unpaired) electrons. The Morgan fingerprint density at radius 2 is 1.83 bits per heavy atom. The summed E-state index contributed by atoms with van der Waals surface area (Å²) in [6.07, 6.45) is -0.593. The summed E-state index contributed by atoms with van der Waals surface area (Å²) in [5, 5.41) is 23.7. The maximum Gasteiger partial charge on any atom is 0.435 e. The Morgan fingerprint density at radius 1 is 1.17 bits per heavy atom. The Kier molecular flexibility index (Phi) is 5.58. The van der Waals surface area contributed by atoms with E-state index in [1.165, 1.54) is 10.7 Å². The van der Waals surface area contributed by atoms with Gasteiger partial charge in [-0.05, 0) is 51.1 Å². The summed E-state index contributed by atoms with van der Waals surface area (Å²) < 4.78 is 12.6.